The summed E-state index contributed by atoms with van der Waals surface area (Å²) in [6.07, 6.45) is 0.742. The third-order valence-electron chi connectivity index (χ3n) is 2.30. The van der Waals surface area contributed by atoms with E-state index in [9.17, 15) is 4.79 Å². The van der Waals surface area contributed by atoms with Gasteiger partial charge in [0, 0.05) is 23.2 Å². The Morgan fingerprint density at radius 3 is 3.12 bits per heavy atom. The molecule has 0 fully saturated rings. The van der Waals surface area contributed by atoms with Crippen molar-refractivity contribution in [2.24, 2.45) is 5.73 Å². The van der Waals surface area contributed by atoms with Gasteiger partial charge < -0.3 is 11.1 Å². The molecule has 2 aromatic heterocycles. The van der Waals surface area contributed by atoms with Crippen LogP contribution >= 0.6 is 22.7 Å². The van der Waals surface area contributed by atoms with Crippen LogP contribution in [0.4, 0.5) is 0 Å². The minimum atomic E-state index is -0.564. The van der Waals surface area contributed by atoms with Crippen LogP contribution < -0.4 is 11.1 Å². The summed E-state index contributed by atoms with van der Waals surface area (Å²) in [5.74, 6) is -0.136. The fourth-order valence-electron chi connectivity index (χ4n) is 1.38. The zero-order chi connectivity index (χ0) is 12.1. The van der Waals surface area contributed by atoms with Crippen LogP contribution in [0.15, 0.2) is 28.4 Å². The standard InChI is InChI=1S/C11H13N3OS2/c12-10(9-2-1-5-17-9)11(15)13-4-3-8-6-16-7-14-8/h1-2,5-7,10H,3-4,12H2,(H,13,15). The number of hydrogen-bond donors (Lipinski definition) is 2. The van der Waals surface area contributed by atoms with Crippen LogP contribution in [0.3, 0.4) is 0 Å². The second-order valence-corrected chi connectivity index (χ2v) is 5.21. The quantitative estimate of drug-likeness (QED) is 0.864. The van der Waals surface area contributed by atoms with E-state index in [2.05, 4.69) is 10.3 Å². The van der Waals surface area contributed by atoms with E-state index >= 15 is 0 Å². The second kappa shape index (κ2) is 5.90. The van der Waals surface area contributed by atoms with Crippen LogP contribution in [0.1, 0.15) is 16.6 Å². The largest absolute Gasteiger partial charge is 0.354 e. The highest BCUT2D eigenvalue weighted by Gasteiger charge is 2.15. The van der Waals surface area contributed by atoms with Crippen molar-refractivity contribution in [2.75, 3.05) is 6.54 Å². The van der Waals surface area contributed by atoms with Crippen molar-refractivity contribution < 1.29 is 4.79 Å². The predicted octanol–water partition coefficient (Wildman–Crippen LogP) is 1.56. The first-order valence-electron chi connectivity index (χ1n) is 5.21. The molecule has 3 N–H and O–H groups in total. The number of amides is 1. The maximum atomic E-state index is 11.7. The Labute approximate surface area is 107 Å². The minimum absolute atomic E-state index is 0.136. The fraction of sp³-hybridized carbons (Fsp3) is 0.273. The molecule has 1 atom stereocenters. The van der Waals surface area contributed by atoms with Gasteiger partial charge in [0.25, 0.3) is 0 Å². The molecule has 0 aliphatic carbocycles. The van der Waals surface area contributed by atoms with Gasteiger partial charge in [-0.3, -0.25) is 4.79 Å². The minimum Gasteiger partial charge on any atom is -0.354 e. The molecule has 1 unspecified atom stereocenters. The van der Waals surface area contributed by atoms with Crippen LogP contribution in [0.2, 0.25) is 0 Å². The molecular weight excluding hydrogens is 254 g/mol. The van der Waals surface area contributed by atoms with Gasteiger partial charge in [-0.25, -0.2) is 4.98 Å². The summed E-state index contributed by atoms with van der Waals surface area (Å²) in [5.41, 5.74) is 8.61. The van der Waals surface area contributed by atoms with Crippen molar-refractivity contribution >= 4 is 28.6 Å². The maximum absolute atomic E-state index is 11.7. The smallest absolute Gasteiger partial charge is 0.242 e. The summed E-state index contributed by atoms with van der Waals surface area (Å²) in [4.78, 5) is 16.8. The topological polar surface area (TPSA) is 68.0 Å². The van der Waals surface area contributed by atoms with Gasteiger partial charge in [0.05, 0.1) is 11.2 Å². The van der Waals surface area contributed by atoms with Crippen LogP contribution in [-0.4, -0.2) is 17.4 Å². The lowest BCUT2D eigenvalue weighted by molar-refractivity contribution is -0.122. The Kier molecular flexibility index (Phi) is 4.24. The van der Waals surface area contributed by atoms with E-state index in [1.54, 1.807) is 16.8 Å². The summed E-state index contributed by atoms with van der Waals surface area (Å²) < 4.78 is 0. The third kappa shape index (κ3) is 3.36. The number of rotatable bonds is 5. The number of nitrogens with two attached hydrogens (primary N) is 1. The van der Waals surface area contributed by atoms with E-state index in [-0.39, 0.29) is 5.91 Å². The normalized spacial score (nSPS) is 12.3. The van der Waals surface area contributed by atoms with Crippen LogP contribution in [0, 0.1) is 0 Å². The molecule has 0 aliphatic rings. The van der Waals surface area contributed by atoms with E-state index in [0.717, 1.165) is 17.0 Å². The van der Waals surface area contributed by atoms with E-state index in [4.69, 9.17) is 5.73 Å². The Hall–Kier alpha value is -1.24. The predicted molar refractivity (Wildman–Crippen MR) is 70.1 cm³/mol. The summed E-state index contributed by atoms with van der Waals surface area (Å²) in [7, 11) is 0. The molecule has 0 aliphatic heterocycles. The highest BCUT2D eigenvalue weighted by molar-refractivity contribution is 7.10. The lowest BCUT2D eigenvalue weighted by Gasteiger charge is -2.09. The van der Waals surface area contributed by atoms with Crippen LogP contribution in [-0.2, 0) is 11.2 Å². The number of carbonyl (C=O) groups excluding carboxylic acids is 1. The molecule has 0 saturated carbocycles. The molecule has 17 heavy (non-hydrogen) atoms. The lowest BCUT2D eigenvalue weighted by Crippen LogP contribution is -2.34. The monoisotopic (exact) mass is 267 g/mol. The zero-order valence-corrected chi connectivity index (χ0v) is 10.8. The second-order valence-electron chi connectivity index (χ2n) is 3.51. The number of aromatic nitrogens is 1. The van der Waals surface area contributed by atoms with Crippen molar-refractivity contribution in [3.05, 3.63) is 39.0 Å². The molecular formula is C11H13N3OS2. The molecule has 6 heteroatoms. The van der Waals surface area contributed by atoms with Gasteiger partial charge in [0.1, 0.15) is 6.04 Å². The van der Waals surface area contributed by atoms with Crippen LogP contribution in [0.5, 0.6) is 0 Å². The Balaban J connectivity index is 1.77. The van der Waals surface area contributed by atoms with Crippen molar-refractivity contribution in [1.82, 2.24) is 10.3 Å². The molecule has 0 aromatic carbocycles. The highest BCUT2D eigenvalue weighted by atomic mass is 32.1. The molecule has 2 aromatic rings. The van der Waals surface area contributed by atoms with Gasteiger partial charge in [-0.2, -0.15) is 0 Å². The van der Waals surface area contributed by atoms with Gasteiger partial charge in [0.15, 0.2) is 0 Å². The average molecular weight is 267 g/mol. The Morgan fingerprint density at radius 2 is 2.47 bits per heavy atom. The molecule has 0 saturated heterocycles. The van der Waals surface area contributed by atoms with Gasteiger partial charge in [-0.05, 0) is 11.4 Å². The number of nitrogens with one attached hydrogen (secondary N) is 1. The number of thiazole rings is 1. The average Bonchev–Trinajstić information content (AvgIpc) is 3.00. The molecule has 90 valence electrons. The van der Waals surface area contributed by atoms with Gasteiger partial charge in [-0.1, -0.05) is 6.07 Å². The first-order chi connectivity index (χ1) is 8.27. The highest BCUT2D eigenvalue weighted by Crippen LogP contribution is 2.16. The van der Waals surface area contributed by atoms with Gasteiger partial charge in [0.2, 0.25) is 5.91 Å². The SMILES string of the molecule is NC(C(=O)NCCc1cscn1)c1cccs1. The summed E-state index contributed by atoms with van der Waals surface area (Å²) in [5, 5.41) is 6.71. The van der Waals surface area contributed by atoms with Crippen molar-refractivity contribution in [2.45, 2.75) is 12.5 Å². The van der Waals surface area contributed by atoms with E-state index in [1.807, 2.05) is 22.9 Å². The number of nitrogens with zero attached hydrogens (tertiary/aromatic N) is 1. The lowest BCUT2D eigenvalue weighted by atomic mass is 10.2. The van der Waals surface area contributed by atoms with Gasteiger partial charge >= 0.3 is 0 Å². The summed E-state index contributed by atoms with van der Waals surface area (Å²) in [6.45, 7) is 0.571. The van der Waals surface area contributed by atoms with E-state index in [0.29, 0.717) is 6.54 Å². The van der Waals surface area contributed by atoms with E-state index in [1.165, 1.54) is 11.3 Å². The molecule has 4 nitrogen and oxygen atoms in total. The van der Waals surface area contributed by atoms with E-state index < -0.39 is 6.04 Å². The Bertz CT molecular complexity index is 453. The maximum Gasteiger partial charge on any atom is 0.242 e. The third-order valence-corrected chi connectivity index (χ3v) is 3.89. The molecule has 1 amide bonds. The first kappa shape index (κ1) is 12.2. The molecule has 0 spiro atoms. The van der Waals surface area contributed by atoms with Crippen molar-refractivity contribution in [3.8, 4) is 0 Å². The first-order valence-corrected chi connectivity index (χ1v) is 7.03. The zero-order valence-electron chi connectivity index (χ0n) is 9.13. The molecule has 0 bridgehead atoms. The van der Waals surface area contributed by atoms with Gasteiger partial charge in [-0.15, -0.1) is 22.7 Å². The number of thiophene rings is 1. The Morgan fingerprint density at radius 1 is 1.59 bits per heavy atom. The molecule has 2 rings (SSSR count). The summed E-state index contributed by atoms with van der Waals surface area (Å²) in [6, 6.07) is 3.20. The number of hydrogen-bond acceptors (Lipinski definition) is 5. The van der Waals surface area contributed by atoms with Crippen LogP contribution in [0.25, 0.3) is 0 Å². The molecule has 0 radical (unpaired) electrons. The summed E-state index contributed by atoms with van der Waals surface area (Å²) >= 11 is 3.05. The number of carbonyl (C=O) groups is 1. The van der Waals surface area contributed by atoms with Crippen molar-refractivity contribution in [3.63, 3.8) is 0 Å². The molecule has 2 heterocycles. The fourth-order valence-corrected chi connectivity index (χ4v) is 2.70. The van der Waals surface area contributed by atoms with Crippen molar-refractivity contribution in [1.29, 1.82) is 0 Å².